The molecule has 1 N–H and O–H groups in total. The van der Waals surface area contributed by atoms with Crippen LogP contribution in [0.4, 0.5) is 0 Å². The van der Waals surface area contributed by atoms with Gasteiger partial charge >= 0.3 is 0 Å². The number of aromatic nitrogens is 3. The van der Waals surface area contributed by atoms with Crippen molar-refractivity contribution in [2.24, 2.45) is 0 Å². The molecule has 7 aromatic carbocycles. The number of nitrogens with zero attached hydrogens (tertiary/aromatic N) is 3. The Kier molecular flexibility index (Phi) is 12.3. The van der Waals surface area contributed by atoms with Gasteiger partial charge in [-0.3, -0.25) is 9.55 Å². The van der Waals surface area contributed by atoms with E-state index in [-0.39, 0.29) is 37.6 Å². The normalized spacial score (nSPS) is 12.2. The summed E-state index contributed by atoms with van der Waals surface area (Å²) in [4.78, 5) is 10.5. The molecule has 0 amide bonds. The first kappa shape index (κ1) is 44.8. The standard InChI is InChI=1S/C61H58N3O.Pt/c1-38(2)41-19-21-43(22-20-41)45-29-30-62-54(36-45)48-34-46(42-15-12-11-13-16-42)33-47(35-48)51-17-14-18-56-57(51)63-59(53-32-39(3)31-40(4)58(53)65)64(56)55-28-27-50(61(8,9)10)37-52(55)44-23-25-49(26-24-44)60(5,6)7;/h11-34,36-38,65H,1-10H3;/q-1;/i38D;. The third-order valence-corrected chi connectivity index (χ3v) is 12.6. The van der Waals surface area contributed by atoms with Gasteiger partial charge in [-0.25, -0.2) is 4.98 Å². The molecule has 9 aromatic rings. The molecule has 0 aliphatic rings. The van der Waals surface area contributed by atoms with Crippen LogP contribution in [0.25, 0.3) is 83.9 Å². The van der Waals surface area contributed by atoms with Gasteiger partial charge in [0, 0.05) is 39.9 Å². The molecule has 0 unspecified atom stereocenters. The summed E-state index contributed by atoms with van der Waals surface area (Å²) < 4.78 is 10.8. The van der Waals surface area contributed by atoms with Crippen molar-refractivity contribution in [1.29, 1.82) is 0 Å². The second-order valence-corrected chi connectivity index (χ2v) is 19.8. The van der Waals surface area contributed by atoms with E-state index in [0.29, 0.717) is 11.4 Å². The summed E-state index contributed by atoms with van der Waals surface area (Å²) in [5, 5.41) is 11.9. The minimum atomic E-state index is -0.679. The Labute approximate surface area is 407 Å². The molecule has 0 radical (unpaired) electrons. The van der Waals surface area contributed by atoms with Crippen LogP contribution in [0, 0.1) is 19.9 Å². The molecule has 0 saturated carbocycles. The van der Waals surface area contributed by atoms with E-state index in [0.717, 1.165) is 89.2 Å². The van der Waals surface area contributed by atoms with Gasteiger partial charge in [-0.05, 0) is 111 Å². The van der Waals surface area contributed by atoms with E-state index in [1.807, 2.05) is 63.4 Å². The molecular formula is C61H58N3OPt-. The molecule has 9 rings (SSSR count). The number of aromatic hydroxyl groups is 1. The molecule has 0 bridgehead atoms. The molecule has 0 aliphatic carbocycles. The van der Waals surface area contributed by atoms with Gasteiger partial charge in [-0.15, -0.1) is 23.8 Å². The summed E-state index contributed by atoms with van der Waals surface area (Å²) in [6.07, 6.45) is 1.86. The molecule has 66 heavy (non-hydrogen) atoms. The van der Waals surface area contributed by atoms with Crippen molar-refractivity contribution in [2.45, 2.75) is 86.0 Å². The van der Waals surface area contributed by atoms with Gasteiger partial charge in [0.1, 0.15) is 11.6 Å². The first-order valence-corrected chi connectivity index (χ1v) is 22.6. The summed E-state index contributed by atoms with van der Waals surface area (Å²) >= 11 is 0. The zero-order chi connectivity index (χ0) is 46.7. The van der Waals surface area contributed by atoms with Crippen molar-refractivity contribution in [3.63, 3.8) is 0 Å². The summed E-state index contributed by atoms with van der Waals surface area (Å²) in [5.74, 6) is 0.193. The van der Waals surface area contributed by atoms with Crippen molar-refractivity contribution in [3.8, 4) is 78.6 Å². The predicted octanol–water partition coefficient (Wildman–Crippen LogP) is 16.3. The van der Waals surface area contributed by atoms with Crippen molar-refractivity contribution >= 4 is 11.0 Å². The average Bonchev–Trinajstić information content (AvgIpc) is 3.69. The van der Waals surface area contributed by atoms with Crippen LogP contribution in [0.15, 0.2) is 158 Å². The number of hydrogen-bond acceptors (Lipinski definition) is 3. The molecule has 2 heterocycles. The van der Waals surface area contributed by atoms with Gasteiger partial charge in [0.2, 0.25) is 0 Å². The maximum absolute atomic E-state index is 11.9. The largest absolute Gasteiger partial charge is 0.507 e. The Hall–Kier alpha value is -6.35. The quantitative estimate of drug-likeness (QED) is 0.154. The van der Waals surface area contributed by atoms with Gasteiger partial charge in [0.05, 0.1) is 22.3 Å². The van der Waals surface area contributed by atoms with Crippen molar-refractivity contribution in [2.75, 3.05) is 0 Å². The van der Waals surface area contributed by atoms with E-state index in [4.69, 9.17) is 11.3 Å². The van der Waals surface area contributed by atoms with E-state index >= 15 is 0 Å². The zero-order valence-electron chi connectivity index (χ0n) is 40.6. The number of pyridine rings is 1. The molecule has 334 valence electrons. The topological polar surface area (TPSA) is 50.9 Å². The van der Waals surface area contributed by atoms with Crippen LogP contribution < -0.4 is 0 Å². The van der Waals surface area contributed by atoms with Crippen molar-refractivity contribution < 1.29 is 27.5 Å². The number of hydrogen-bond donors (Lipinski definition) is 1. The van der Waals surface area contributed by atoms with Crippen LogP contribution in [-0.4, -0.2) is 19.6 Å². The Bertz CT molecular complexity index is 3260. The first-order chi connectivity index (χ1) is 31.3. The minimum absolute atomic E-state index is 0. The van der Waals surface area contributed by atoms with Crippen LogP contribution in [0.3, 0.4) is 0 Å². The Balaban J connectivity index is 0.00000608. The molecule has 0 spiro atoms. The number of para-hydroxylation sites is 1. The fraction of sp³-hybridized carbons (Fsp3) is 0.213. The maximum atomic E-state index is 11.9. The number of phenols is 1. The van der Waals surface area contributed by atoms with Gasteiger partial charge in [-0.1, -0.05) is 181 Å². The van der Waals surface area contributed by atoms with Gasteiger partial charge in [0.15, 0.2) is 0 Å². The third kappa shape index (κ3) is 9.09. The van der Waals surface area contributed by atoms with Crippen LogP contribution in [-0.2, 0) is 31.9 Å². The average molecular weight is 1050 g/mol. The molecule has 4 nitrogen and oxygen atoms in total. The van der Waals surface area contributed by atoms with Crippen LogP contribution >= 0.6 is 0 Å². The summed E-state index contributed by atoms with van der Waals surface area (Å²) in [7, 11) is 0. The number of benzene rings is 7. The Morgan fingerprint density at radius 1 is 0.591 bits per heavy atom. The van der Waals surface area contributed by atoms with Gasteiger partial charge in [-0.2, -0.15) is 0 Å². The number of rotatable bonds is 8. The van der Waals surface area contributed by atoms with E-state index in [2.05, 4.69) is 174 Å². The predicted molar refractivity (Wildman–Crippen MR) is 273 cm³/mol. The smallest absolute Gasteiger partial charge is 0.148 e. The van der Waals surface area contributed by atoms with E-state index < -0.39 is 5.89 Å². The second kappa shape index (κ2) is 18.1. The third-order valence-electron chi connectivity index (χ3n) is 12.6. The summed E-state index contributed by atoms with van der Waals surface area (Å²) in [6, 6.07) is 57.2. The Morgan fingerprint density at radius 3 is 1.92 bits per heavy atom. The summed E-state index contributed by atoms with van der Waals surface area (Å²) in [6.45, 7) is 21.3. The van der Waals surface area contributed by atoms with Gasteiger partial charge in [0.25, 0.3) is 0 Å². The zero-order valence-corrected chi connectivity index (χ0v) is 41.9. The van der Waals surface area contributed by atoms with Gasteiger partial charge < -0.3 is 5.11 Å². The molecule has 2 aromatic heterocycles. The molecule has 5 heteroatoms. The molecule has 0 saturated heterocycles. The number of imidazole rings is 1. The molecule has 0 aliphatic heterocycles. The summed E-state index contributed by atoms with van der Waals surface area (Å²) in [5.41, 5.74) is 18.5. The fourth-order valence-electron chi connectivity index (χ4n) is 8.85. The Morgan fingerprint density at radius 2 is 1.24 bits per heavy atom. The number of aryl methyl sites for hydroxylation is 2. The van der Waals surface area contributed by atoms with Crippen LogP contribution in [0.2, 0.25) is 0 Å². The molecular weight excluding hydrogens is 986 g/mol. The SMILES string of the molecule is [2H]C(C)(C)c1ccc(-c2ccnc(-c3[c-]c(-c4cccc5c4nc(-c4cc(C)cc(C)c4O)n5-c4ccc(C(C)(C)C)cc4-c4ccc(C(C)(C)C)cc4)cc(-c4ccccc4)c3)c2)cc1.[Pt]. The molecule has 0 atom stereocenters. The van der Waals surface area contributed by atoms with E-state index in [1.165, 1.54) is 11.1 Å². The van der Waals surface area contributed by atoms with Crippen LogP contribution in [0.1, 0.15) is 90.5 Å². The van der Waals surface area contributed by atoms with Crippen molar-refractivity contribution in [3.05, 3.63) is 192 Å². The van der Waals surface area contributed by atoms with Crippen LogP contribution in [0.5, 0.6) is 5.75 Å². The fourth-order valence-corrected chi connectivity index (χ4v) is 8.85. The van der Waals surface area contributed by atoms with E-state index in [1.54, 1.807) is 0 Å². The van der Waals surface area contributed by atoms with E-state index in [9.17, 15) is 5.11 Å². The minimum Gasteiger partial charge on any atom is -0.507 e. The molecule has 0 fully saturated rings. The first-order valence-electron chi connectivity index (χ1n) is 23.1. The van der Waals surface area contributed by atoms with Crippen molar-refractivity contribution in [1.82, 2.24) is 14.5 Å². The monoisotopic (exact) mass is 1040 g/mol. The number of fused-ring (bicyclic) bond motifs is 1. The number of phenolic OH excluding ortho intramolecular Hbond substituents is 1. The second-order valence-electron chi connectivity index (χ2n) is 19.8. The maximum Gasteiger partial charge on any atom is 0.148 e.